The van der Waals surface area contributed by atoms with E-state index in [2.05, 4.69) is 34.1 Å². The van der Waals surface area contributed by atoms with Crippen LogP contribution >= 0.6 is 0 Å². The molecule has 1 atom stereocenters. The minimum Gasteiger partial charge on any atom is -0.410 e. The highest BCUT2D eigenvalue weighted by Crippen LogP contribution is 2.36. The molecule has 5 aromatic rings. The van der Waals surface area contributed by atoms with Gasteiger partial charge in [-0.3, -0.25) is 14.5 Å². The Morgan fingerprint density at radius 3 is 2.23 bits per heavy atom. The second-order valence-corrected chi connectivity index (χ2v) is 15.1. The Morgan fingerprint density at radius 1 is 0.786 bits per heavy atom. The van der Waals surface area contributed by atoms with Gasteiger partial charge in [-0.2, -0.15) is 0 Å². The van der Waals surface area contributed by atoms with Crippen LogP contribution in [0.5, 0.6) is 5.75 Å². The van der Waals surface area contributed by atoms with E-state index in [1.807, 2.05) is 85.3 Å². The topological polar surface area (TPSA) is 87.6 Å². The van der Waals surface area contributed by atoms with Crippen LogP contribution in [-0.4, -0.2) is 89.7 Å². The number of rotatable bonds is 8. The van der Waals surface area contributed by atoms with Crippen molar-refractivity contribution in [3.63, 3.8) is 0 Å². The Labute approximate surface area is 328 Å². The molecule has 0 N–H and O–H groups in total. The van der Waals surface area contributed by atoms with E-state index >= 15 is 4.79 Å². The van der Waals surface area contributed by atoms with Gasteiger partial charge in [-0.05, 0) is 90.9 Å². The van der Waals surface area contributed by atoms with Crippen LogP contribution in [0, 0.1) is 6.92 Å². The van der Waals surface area contributed by atoms with Crippen LogP contribution in [0.4, 0.5) is 10.5 Å². The fraction of sp³-hybridized carbons (Fsp3) is 0.326. The minimum atomic E-state index is -0.418. The summed E-state index contributed by atoms with van der Waals surface area (Å²) in [5.74, 6) is 0.316. The van der Waals surface area contributed by atoms with Crippen LogP contribution in [0.1, 0.15) is 55.1 Å². The predicted molar refractivity (Wildman–Crippen MR) is 217 cm³/mol. The van der Waals surface area contributed by atoms with Crippen LogP contribution in [0.15, 0.2) is 103 Å². The maximum atomic E-state index is 15.3. The van der Waals surface area contributed by atoms with Gasteiger partial charge < -0.3 is 28.7 Å². The van der Waals surface area contributed by atoms with Gasteiger partial charge >= 0.3 is 6.09 Å². The number of para-hydroxylation sites is 2. The summed E-state index contributed by atoms with van der Waals surface area (Å²) in [6.07, 6.45) is 1.80. The first-order valence-corrected chi connectivity index (χ1v) is 19.6. The number of nitrogens with zero attached hydrogens (tertiary/aromatic N) is 5. The third-order valence-electron chi connectivity index (χ3n) is 11.8. The number of fused-ring (bicyclic) bond motifs is 2. The summed E-state index contributed by atoms with van der Waals surface area (Å²) in [5.41, 5.74) is 8.77. The average molecular weight is 752 g/mol. The van der Waals surface area contributed by atoms with Gasteiger partial charge in [0.25, 0.3) is 11.8 Å². The molecule has 288 valence electrons. The number of anilines is 1. The third-order valence-corrected chi connectivity index (χ3v) is 11.8. The standard InChI is InChI=1S/C46H49N5O5/c1-32-40(44(52)48(3)37-14-6-4-7-15-37)29-43(47(32)2)41-27-34-18-21-50(46(54)56-39-16-8-5-9-17-39)30-36(34)28-42(41)45(53)51-31-35-13-11-10-12-33(35)26-38(51)19-20-49-22-24-55-25-23-49/h4-17,27-29,38H,18-26,30-31H2,1-3H3/t38-/m1/s1. The Hall–Kier alpha value is -5.71. The molecule has 0 bridgehead atoms. The van der Waals surface area contributed by atoms with Crippen molar-refractivity contribution in [1.29, 1.82) is 0 Å². The predicted octanol–water partition coefficient (Wildman–Crippen LogP) is 7.12. The van der Waals surface area contributed by atoms with Gasteiger partial charge in [0.2, 0.25) is 0 Å². The monoisotopic (exact) mass is 751 g/mol. The number of hydrogen-bond donors (Lipinski definition) is 0. The number of carbonyl (C=O) groups excluding carboxylic acids is 3. The lowest BCUT2D eigenvalue weighted by Crippen LogP contribution is -2.47. The van der Waals surface area contributed by atoms with Crippen molar-refractivity contribution in [1.82, 2.24) is 19.3 Å². The molecule has 1 saturated heterocycles. The lowest BCUT2D eigenvalue weighted by molar-refractivity contribution is 0.0308. The maximum absolute atomic E-state index is 15.3. The van der Waals surface area contributed by atoms with Crippen molar-refractivity contribution in [2.75, 3.05) is 51.3 Å². The number of ether oxygens (including phenoxy) is 2. The molecule has 0 aliphatic carbocycles. The summed E-state index contributed by atoms with van der Waals surface area (Å²) in [6, 6.07) is 33.2. The van der Waals surface area contributed by atoms with Crippen LogP contribution in [0.2, 0.25) is 0 Å². The summed E-state index contributed by atoms with van der Waals surface area (Å²) >= 11 is 0. The van der Waals surface area contributed by atoms with Crippen molar-refractivity contribution in [3.05, 3.63) is 142 Å². The Balaban J connectivity index is 1.18. The highest BCUT2D eigenvalue weighted by Gasteiger charge is 2.34. The molecule has 1 aromatic heterocycles. The van der Waals surface area contributed by atoms with Gasteiger partial charge in [0.05, 0.1) is 18.8 Å². The van der Waals surface area contributed by atoms with E-state index in [0.29, 0.717) is 42.9 Å². The molecule has 0 saturated carbocycles. The van der Waals surface area contributed by atoms with Gasteiger partial charge in [-0.25, -0.2) is 4.79 Å². The van der Waals surface area contributed by atoms with Gasteiger partial charge in [0, 0.05) is 87.6 Å². The second-order valence-electron chi connectivity index (χ2n) is 15.1. The summed E-state index contributed by atoms with van der Waals surface area (Å²) in [6.45, 7) is 7.39. The van der Waals surface area contributed by atoms with Crippen molar-refractivity contribution >= 4 is 23.6 Å². The quantitative estimate of drug-likeness (QED) is 0.168. The Kier molecular flexibility index (Phi) is 10.8. The van der Waals surface area contributed by atoms with E-state index in [-0.39, 0.29) is 17.9 Å². The number of carbonyl (C=O) groups is 3. The maximum Gasteiger partial charge on any atom is 0.415 e. The zero-order valence-electron chi connectivity index (χ0n) is 32.4. The normalized spacial score (nSPS) is 16.9. The van der Waals surface area contributed by atoms with Gasteiger partial charge in [0.15, 0.2) is 0 Å². The zero-order valence-corrected chi connectivity index (χ0v) is 32.4. The molecular formula is C46H49N5O5. The van der Waals surface area contributed by atoms with Crippen LogP contribution < -0.4 is 9.64 Å². The van der Waals surface area contributed by atoms with E-state index in [1.54, 1.807) is 29.0 Å². The molecule has 4 aromatic carbocycles. The minimum absolute atomic E-state index is 0.00622. The summed E-state index contributed by atoms with van der Waals surface area (Å²) in [7, 11) is 3.75. The number of benzene rings is 4. The summed E-state index contributed by atoms with van der Waals surface area (Å²) in [4.78, 5) is 50.6. The molecule has 0 spiro atoms. The third kappa shape index (κ3) is 7.59. The lowest BCUT2D eigenvalue weighted by atomic mass is 9.88. The van der Waals surface area contributed by atoms with Crippen LogP contribution in [-0.2, 0) is 37.7 Å². The molecule has 3 amide bonds. The van der Waals surface area contributed by atoms with E-state index in [4.69, 9.17) is 9.47 Å². The van der Waals surface area contributed by atoms with Crippen molar-refractivity contribution in [2.45, 2.75) is 45.3 Å². The van der Waals surface area contributed by atoms with E-state index in [1.165, 1.54) is 5.56 Å². The Bertz CT molecular complexity index is 2230. The smallest absolute Gasteiger partial charge is 0.410 e. The fourth-order valence-corrected chi connectivity index (χ4v) is 8.33. The first-order valence-electron chi connectivity index (χ1n) is 19.6. The molecule has 4 heterocycles. The molecular weight excluding hydrogens is 703 g/mol. The van der Waals surface area contributed by atoms with Gasteiger partial charge in [-0.1, -0.05) is 60.7 Å². The molecule has 10 heteroatoms. The number of aromatic nitrogens is 1. The lowest BCUT2D eigenvalue weighted by Gasteiger charge is -2.39. The number of amides is 3. The molecule has 0 unspecified atom stereocenters. The van der Waals surface area contributed by atoms with Crippen molar-refractivity contribution in [2.24, 2.45) is 7.05 Å². The summed E-state index contributed by atoms with van der Waals surface area (Å²) in [5, 5.41) is 0. The van der Waals surface area contributed by atoms with Crippen molar-refractivity contribution in [3.8, 4) is 17.0 Å². The largest absolute Gasteiger partial charge is 0.415 e. The SMILES string of the molecule is Cc1c(C(=O)N(C)c2ccccc2)cc(-c2cc3c(cc2C(=O)N2Cc4ccccc4C[C@H]2CCN2CCOCC2)CN(C(=O)Oc2ccccc2)CC3)n1C. The zero-order chi connectivity index (χ0) is 38.8. The number of morpholine rings is 1. The molecule has 10 nitrogen and oxygen atoms in total. The van der Waals surface area contributed by atoms with Crippen LogP contribution in [0.25, 0.3) is 11.3 Å². The highest BCUT2D eigenvalue weighted by atomic mass is 16.6. The highest BCUT2D eigenvalue weighted by molar-refractivity contribution is 6.08. The fourth-order valence-electron chi connectivity index (χ4n) is 8.33. The van der Waals surface area contributed by atoms with E-state index in [0.717, 1.165) is 85.0 Å². The van der Waals surface area contributed by atoms with Gasteiger partial charge in [0.1, 0.15) is 5.75 Å². The summed E-state index contributed by atoms with van der Waals surface area (Å²) < 4.78 is 13.4. The molecule has 3 aliphatic heterocycles. The van der Waals surface area contributed by atoms with E-state index in [9.17, 15) is 9.59 Å². The molecule has 0 radical (unpaired) electrons. The molecule has 1 fully saturated rings. The molecule has 8 rings (SSSR count). The second kappa shape index (κ2) is 16.2. The average Bonchev–Trinajstić information content (AvgIpc) is 3.54. The molecule has 3 aliphatic rings. The van der Waals surface area contributed by atoms with Gasteiger partial charge in [-0.15, -0.1) is 0 Å². The first-order chi connectivity index (χ1) is 27.2. The van der Waals surface area contributed by atoms with Crippen molar-refractivity contribution < 1.29 is 23.9 Å². The van der Waals surface area contributed by atoms with Crippen LogP contribution in [0.3, 0.4) is 0 Å². The Morgan fingerprint density at radius 2 is 1.48 bits per heavy atom. The number of hydrogen-bond acceptors (Lipinski definition) is 6. The van der Waals surface area contributed by atoms with E-state index < -0.39 is 6.09 Å². The molecule has 56 heavy (non-hydrogen) atoms. The first kappa shape index (κ1) is 37.2.